The van der Waals surface area contributed by atoms with Crippen molar-refractivity contribution in [1.82, 2.24) is 10.2 Å². The number of hydrogen-bond acceptors (Lipinski definition) is 4. The van der Waals surface area contributed by atoms with Crippen LogP contribution in [-0.4, -0.2) is 60.1 Å². The van der Waals surface area contributed by atoms with E-state index in [1.165, 1.54) is 11.3 Å². The number of anilines is 1. The topological polar surface area (TPSA) is 72.9 Å². The summed E-state index contributed by atoms with van der Waals surface area (Å²) >= 11 is 0. The number of aliphatic hydroxyl groups excluding tert-OH is 1. The standard InChI is InChI=1S/C20H31N3O3/c1-19(2,3)15-8-6-7-9-16(15)22-10-12-23(13-11-22)18(26)17(25)21-20(4,5)14-24/h6-9,24H,10-14H2,1-5H3,(H,21,25). The van der Waals surface area contributed by atoms with E-state index in [0.717, 1.165) is 0 Å². The van der Waals surface area contributed by atoms with Gasteiger partial charge in [0, 0.05) is 31.9 Å². The molecule has 144 valence electrons. The molecule has 1 aromatic carbocycles. The van der Waals surface area contributed by atoms with E-state index in [0.29, 0.717) is 26.2 Å². The van der Waals surface area contributed by atoms with Gasteiger partial charge in [-0.25, -0.2) is 0 Å². The zero-order chi connectivity index (χ0) is 19.5. The third kappa shape index (κ3) is 4.75. The van der Waals surface area contributed by atoms with Crippen LogP contribution in [0.5, 0.6) is 0 Å². The van der Waals surface area contributed by atoms with Crippen molar-refractivity contribution in [3.63, 3.8) is 0 Å². The Bertz CT molecular complexity index is 657. The highest BCUT2D eigenvalue weighted by Gasteiger charge is 2.30. The second-order valence-corrected chi connectivity index (χ2v) is 8.54. The Balaban J connectivity index is 2.02. The Labute approximate surface area is 156 Å². The molecular formula is C20H31N3O3. The van der Waals surface area contributed by atoms with Crippen LogP contribution in [0.1, 0.15) is 40.2 Å². The lowest BCUT2D eigenvalue weighted by Gasteiger charge is -2.38. The van der Waals surface area contributed by atoms with E-state index in [-0.39, 0.29) is 12.0 Å². The first-order valence-corrected chi connectivity index (χ1v) is 9.12. The maximum absolute atomic E-state index is 12.4. The van der Waals surface area contributed by atoms with Crippen LogP contribution in [-0.2, 0) is 15.0 Å². The van der Waals surface area contributed by atoms with Crippen molar-refractivity contribution in [1.29, 1.82) is 0 Å². The highest BCUT2D eigenvalue weighted by atomic mass is 16.3. The summed E-state index contributed by atoms with van der Waals surface area (Å²) in [6.45, 7) is 12.1. The van der Waals surface area contributed by atoms with Crippen molar-refractivity contribution >= 4 is 17.5 Å². The van der Waals surface area contributed by atoms with Gasteiger partial charge in [-0.05, 0) is 30.9 Å². The Morgan fingerprint density at radius 1 is 1.04 bits per heavy atom. The first kappa shape index (κ1) is 20.2. The number of aliphatic hydroxyl groups is 1. The van der Waals surface area contributed by atoms with Crippen molar-refractivity contribution in [2.45, 2.75) is 45.6 Å². The third-order valence-electron chi connectivity index (χ3n) is 4.66. The molecule has 6 heteroatoms. The van der Waals surface area contributed by atoms with Crippen LogP contribution in [0.3, 0.4) is 0 Å². The number of amides is 2. The molecule has 2 N–H and O–H groups in total. The number of nitrogens with zero attached hydrogens (tertiary/aromatic N) is 2. The van der Waals surface area contributed by atoms with Crippen molar-refractivity contribution in [3.8, 4) is 0 Å². The fourth-order valence-electron chi connectivity index (χ4n) is 3.08. The van der Waals surface area contributed by atoms with Crippen molar-refractivity contribution in [3.05, 3.63) is 29.8 Å². The normalized spacial score (nSPS) is 15.8. The van der Waals surface area contributed by atoms with E-state index in [4.69, 9.17) is 0 Å². The molecule has 1 aromatic rings. The minimum absolute atomic E-state index is 0.0410. The number of carbonyl (C=O) groups excluding carboxylic acids is 2. The van der Waals surface area contributed by atoms with Crippen molar-refractivity contribution < 1.29 is 14.7 Å². The average molecular weight is 361 g/mol. The predicted molar refractivity (Wildman–Crippen MR) is 103 cm³/mol. The molecule has 1 aliphatic heterocycles. The molecule has 0 aromatic heterocycles. The van der Waals surface area contributed by atoms with Gasteiger partial charge >= 0.3 is 11.8 Å². The maximum atomic E-state index is 12.4. The molecule has 2 amide bonds. The number of hydrogen-bond donors (Lipinski definition) is 2. The number of carbonyl (C=O) groups is 2. The van der Waals surface area contributed by atoms with Gasteiger partial charge < -0.3 is 20.2 Å². The van der Waals surface area contributed by atoms with Crippen molar-refractivity contribution in [2.75, 3.05) is 37.7 Å². The van der Waals surface area contributed by atoms with Gasteiger partial charge in [-0.2, -0.15) is 0 Å². The first-order valence-electron chi connectivity index (χ1n) is 9.12. The van der Waals surface area contributed by atoms with E-state index in [1.807, 2.05) is 6.07 Å². The summed E-state index contributed by atoms with van der Waals surface area (Å²) in [4.78, 5) is 28.4. The summed E-state index contributed by atoms with van der Waals surface area (Å²) in [6.07, 6.45) is 0. The van der Waals surface area contributed by atoms with E-state index in [1.54, 1.807) is 18.7 Å². The zero-order valence-electron chi connectivity index (χ0n) is 16.5. The monoisotopic (exact) mass is 361 g/mol. The molecule has 0 aliphatic carbocycles. The highest BCUT2D eigenvalue weighted by Crippen LogP contribution is 2.32. The van der Waals surface area contributed by atoms with Crippen LogP contribution in [0.25, 0.3) is 0 Å². The smallest absolute Gasteiger partial charge is 0.312 e. The number of piperazine rings is 1. The molecule has 1 fully saturated rings. The molecule has 1 heterocycles. The van der Waals surface area contributed by atoms with E-state index in [9.17, 15) is 14.7 Å². The van der Waals surface area contributed by atoms with Gasteiger partial charge in [-0.3, -0.25) is 9.59 Å². The third-order valence-corrected chi connectivity index (χ3v) is 4.66. The molecule has 0 radical (unpaired) electrons. The molecule has 2 rings (SSSR count). The predicted octanol–water partition coefficient (Wildman–Crippen LogP) is 1.52. The Morgan fingerprint density at radius 2 is 1.62 bits per heavy atom. The molecule has 6 nitrogen and oxygen atoms in total. The van der Waals surface area contributed by atoms with Crippen LogP contribution in [0, 0.1) is 0 Å². The van der Waals surface area contributed by atoms with Crippen molar-refractivity contribution in [2.24, 2.45) is 0 Å². The summed E-state index contributed by atoms with van der Waals surface area (Å²) in [5.41, 5.74) is 1.71. The van der Waals surface area contributed by atoms with E-state index < -0.39 is 17.4 Å². The molecule has 1 saturated heterocycles. The van der Waals surface area contributed by atoms with Gasteiger partial charge in [0.2, 0.25) is 0 Å². The lowest BCUT2D eigenvalue weighted by Crippen LogP contribution is -2.56. The van der Waals surface area contributed by atoms with Crippen LogP contribution in [0.2, 0.25) is 0 Å². The minimum atomic E-state index is -0.805. The molecular weight excluding hydrogens is 330 g/mol. The highest BCUT2D eigenvalue weighted by molar-refractivity contribution is 6.35. The Hall–Kier alpha value is -2.08. The summed E-state index contributed by atoms with van der Waals surface area (Å²) in [6, 6.07) is 8.36. The number of para-hydroxylation sites is 1. The summed E-state index contributed by atoms with van der Waals surface area (Å²) in [5.74, 6) is -1.19. The van der Waals surface area contributed by atoms with Gasteiger partial charge in [0.25, 0.3) is 0 Å². The van der Waals surface area contributed by atoms with Gasteiger partial charge in [-0.1, -0.05) is 39.0 Å². The molecule has 0 spiro atoms. The van der Waals surface area contributed by atoms with E-state index >= 15 is 0 Å². The number of nitrogens with one attached hydrogen (secondary N) is 1. The SMILES string of the molecule is CC(C)(CO)NC(=O)C(=O)N1CCN(c2ccccc2C(C)(C)C)CC1. The summed E-state index contributed by atoms with van der Waals surface area (Å²) in [7, 11) is 0. The fraction of sp³-hybridized carbons (Fsp3) is 0.600. The fourth-order valence-corrected chi connectivity index (χ4v) is 3.08. The molecule has 0 bridgehead atoms. The van der Waals surface area contributed by atoms with Crippen LogP contribution in [0.15, 0.2) is 24.3 Å². The number of benzene rings is 1. The van der Waals surface area contributed by atoms with Gasteiger partial charge in [0.1, 0.15) is 0 Å². The number of rotatable bonds is 3. The second kappa shape index (κ2) is 7.66. The lowest BCUT2D eigenvalue weighted by atomic mass is 9.85. The lowest BCUT2D eigenvalue weighted by molar-refractivity contribution is -0.147. The van der Waals surface area contributed by atoms with Gasteiger partial charge in [-0.15, -0.1) is 0 Å². The molecule has 0 atom stereocenters. The average Bonchev–Trinajstić information content (AvgIpc) is 2.60. The van der Waals surface area contributed by atoms with Crippen LogP contribution < -0.4 is 10.2 Å². The maximum Gasteiger partial charge on any atom is 0.312 e. The summed E-state index contributed by atoms with van der Waals surface area (Å²) < 4.78 is 0. The zero-order valence-corrected chi connectivity index (χ0v) is 16.5. The largest absolute Gasteiger partial charge is 0.394 e. The van der Waals surface area contributed by atoms with Gasteiger partial charge in [0.05, 0.1) is 12.1 Å². The quantitative estimate of drug-likeness (QED) is 0.801. The second-order valence-electron chi connectivity index (χ2n) is 8.54. The first-order chi connectivity index (χ1) is 12.0. The van der Waals surface area contributed by atoms with Crippen LogP contribution in [0.4, 0.5) is 5.69 Å². The molecule has 0 unspecified atom stereocenters. The van der Waals surface area contributed by atoms with Crippen LogP contribution >= 0.6 is 0 Å². The summed E-state index contributed by atoms with van der Waals surface area (Å²) in [5, 5.41) is 11.8. The Morgan fingerprint density at radius 3 is 2.15 bits per heavy atom. The minimum Gasteiger partial charge on any atom is -0.394 e. The molecule has 0 saturated carbocycles. The van der Waals surface area contributed by atoms with E-state index in [2.05, 4.69) is 49.2 Å². The molecule has 26 heavy (non-hydrogen) atoms. The van der Waals surface area contributed by atoms with Gasteiger partial charge in [0.15, 0.2) is 0 Å². The molecule has 1 aliphatic rings. The Kier molecular flexibility index (Phi) is 5.96.